The average Bonchev–Trinajstić information content (AvgIpc) is 2.30. The van der Waals surface area contributed by atoms with E-state index in [9.17, 15) is 9.59 Å². The van der Waals surface area contributed by atoms with Crippen LogP contribution in [0.25, 0.3) is 0 Å². The Hall–Kier alpha value is -1.91. The molecule has 0 spiro atoms. The molecule has 1 atom stereocenters. The molecule has 1 amide bonds. The van der Waals surface area contributed by atoms with Crippen molar-refractivity contribution >= 4 is 11.9 Å². The molecular formula is C12H16N2O3. The van der Waals surface area contributed by atoms with Crippen LogP contribution in [0.1, 0.15) is 29.4 Å². The quantitative estimate of drug-likeness (QED) is 0.805. The standard InChI is InChI=1S/C12H16N2O3/c1-3-9(12(16)17)6-14-11(15)10-5-4-8(2)13-7-10/h4-5,7,9H,3,6H2,1-2H3,(H,14,15)(H,16,17). The highest BCUT2D eigenvalue weighted by Crippen LogP contribution is 2.03. The van der Waals surface area contributed by atoms with Crippen molar-refractivity contribution in [3.63, 3.8) is 0 Å². The molecule has 0 fully saturated rings. The Labute approximate surface area is 99.9 Å². The summed E-state index contributed by atoms with van der Waals surface area (Å²) < 4.78 is 0. The molecule has 0 aliphatic carbocycles. The first-order chi connectivity index (χ1) is 8.04. The minimum atomic E-state index is -0.894. The van der Waals surface area contributed by atoms with Crippen molar-refractivity contribution < 1.29 is 14.7 Å². The van der Waals surface area contributed by atoms with Gasteiger partial charge in [0.2, 0.25) is 0 Å². The van der Waals surface area contributed by atoms with E-state index in [1.54, 1.807) is 19.1 Å². The summed E-state index contributed by atoms with van der Waals surface area (Å²) in [6.07, 6.45) is 1.97. The van der Waals surface area contributed by atoms with Crippen molar-refractivity contribution in [3.05, 3.63) is 29.6 Å². The number of nitrogens with one attached hydrogen (secondary N) is 1. The van der Waals surface area contributed by atoms with Gasteiger partial charge < -0.3 is 10.4 Å². The Morgan fingerprint density at radius 2 is 2.18 bits per heavy atom. The number of carboxylic acids is 1. The second kappa shape index (κ2) is 5.98. The van der Waals surface area contributed by atoms with E-state index in [-0.39, 0.29) is 12.5 Å². The van der Waals surface area contributed by atoms with Crippen molar-refractivity contribution in [2.45, 2.75) is 20.3 Å². The topological polar surface area (TPSA) is 79.3 Å². The molecule has 1 unspecified atom stereocenters. The molecule has 5 nitrogen and oxygen atoms in total. The molecule has 1 aromatic heterocycles. The Morgan fingerprint density at radius 3 is 2.65 bits per heavy atom. The number of nitrogens with zero attached hydrogens (tertiary/aromatic N) is 1. The van der Waals surface area contributed by atoms with Crippen molar-refractivity contribution in [3.8, 4) is 0 Å². The zero-order chi connectivity index (χ0) is 12.8. The first-order valence-electron chi connectivity index (χ1n) is 5.48. The van der Waals surface area contributed by atoms with Crippen molar-refractivity contribution in [2.24, 2.45) is 5.92 Å². The molecule has 17 heavy (non-hydrogen) atoms. The van der Waals surface area contributed by atoms with Gasteiger partial charge in [-0.2, -0.15) is 0 Å². The summed E-state index contributed by atoms with van der Waals surface area (Å²) in [6, 6.07) is 3.41. The summed E-state index contributed by atoms with van der Waals surface area (Å²) in [5, 5.41) is 11.4. The highest BCUT2D eigenvalue weighted by atomic mass is 16.4. The van der Waals surface area contributed by atoms with Gasteiger partial charge in [0, 0.05) is 18.4 Å². The maximum atomic E-state index is 11.7. The third kappa shape index (κ3) is 3.86. The van der Waals surface area contributed by atoms with Crippen LogP contribution in [0.3, 0.4) is 0 Å². The van der Waals surface area contributed by atoms with Crippen LogP contribution in [-0.2, 0) is 4.79 Å². The van der Waals surface area contributed by atoms with Crippen LogP contribution in [-0.4, -0.2) is 28.5 Å². The van der Waals surface area contributed by atoms with E-state index in [0.29, 0.717) is 12.0 Å². The number of carbonyl (C=O) groups is 2. The van der Waals surface area contributed by atoms with Crippen LogP contribution in [0, 0.1) is 12.8 Å². The predicted octanol–water partition coefficient (Wildman–Crippen LogP) is 1.23. The summed E-state index contributed by atoms with van der Waals surface area (Å²) in [7, 11) is 0. The predicted molar refractivity (Wildman–Crippen MR) is 62.7 cm³/mol. The second-order valence-electron chi connectivity index (χ2n) is 3.84. The third-order valence-electron chi connectivity index (χ3n) is 2.52. The summed E-state index contributed by atoms with van der Waals surface area (Å²) >= 11 is 0. The van der Waals surface area contributed by atoms with Crippen LogP contribution < -0.4 is 5.32 Å². The monoisotopic (exact) mass is 236 g/mol. The summed E-state index contributed by atoms with van der Waals surface area (Å²) in [4.78, 5) is 26.4. The van der Waals surface area contributed by atoms with Gasteiger partial charge in [0.25, 0.3) is 5.91 Å². The lowest BCUT2D eigenvalue weighted by Gasteiger charge is -2.10. The first kappa shape index (κ1) is 13.2. The number of aromatic nitrogens is 1. The fourth-order valence-corrected chi connectivity index (χ4v) is 1.33. The van der Waals surface area contributed by atoms with Gasteiger partial charge in [-0.05, 0) is 25.5 Å². The van der Waals surface area contributed by atoms with E-state index in [2.05, 4.69) is 10.3 Å². The SMILES string of the molecule is CCC(CNC(=O)c1ccc(C)nc1)C(=O)O. The maximum absolute atomic E-state index is 11.7. The largest absolute Gasteiger partial charge is 0.481 e. The van der Waals surface area contributed by atoms with Crippen molar-refractivity contribution in [2.75, 3.05) is 6.54 Å². The number of amides is 1. The zero-order valence-corrected chi connectivity index (χ0v) is 9.93. The number of carbonyl (C=O) groups excluding carboxylic acids is 1. The van der Waals surface area contributed by atoms with Gasteiger partial charge in [0.1, 0.15) is 0 Å². The van der Waals surface area contributed by atoms with Gasteiger partial charge >= 0.3 is 5.97 Å². The van der Waals surface area contributed by atoms with E-state index < -0.39 is 11.9 Å². The van der Waals surface area contributed by atoms with Crippen LogP contribution >= 0.6 is 0 Å². The van der Waals surface area contributed by atoms with Gasteiger partial charge in [-0.15, -0.1) is 0 Å². The Morgan fingerprint density at radius 1 is 1.47 bits per heavy atom. The van der Waals surface area contributed by atoms with E-state index in [1.165, 1.54) is 6.20 Å². The fraction of sp³-hybridized carbons (Fsp3) is 0.417. The normalized spacial score (nSPS) is 11.9. The lowest BCUT2D eigenvalue weighted by atomic mass is 10.1. The maximum Gasteiger partial charge on any atom is 0.308 e. The Balaban J connectivity index is 2.55. The van der Waals surface area contributed by atoms with Crippen molar-refractivity contribution in [1.82, 2.24) is 10.3 Å². The molecule has 5 heteroatoms. The number of aryl methyl sites for hydroxylation is 1. The minimum absolute atomic E-state index is 0.137. The minimum Gasteiger partial charge on any atom is -0.481 e. The summed E-state index contributed by atoms with van der Waals surface area (Å²) in [6.45, 7) is 3.75. The molecule has 0 bridgehead atoms. The van der Waals surface area contributed by atoms with Gasteiger partial charge in [0.15, 0.2) is 0 Å². The van der Waals surface area contributed by atoms with Crippen LogP contribution in [0.5, 0.6) is 0 Å². The third-order valence-corrected chi connectivity index (χ3v) is 2.52. The van der Waals surface area contributed by atoms with Crippen LogP contribution in [0.15, 0.2) is 18.3 Å². The van der Waals surface area contributed by atoms with E-state index in [1.807, 2.05) is 6.92 Å². The molecule has 0 aliphatic heterocycles. The van der Waals surface area contributed by atoms with E-state index >= 15 is 0 Å². The molecule has 2 N–H and O–H groups in total. The number of aliphatic carboxylic acids is 1. The molecule has 1 aromatic rings. The highest BCUT2D eigenvalue weighted by Gasteiger charge is 2.16. The molecule has 0 aromatic carbocycles. The highest BCUT2D eigenvalue weighted by molar-refractivity contribution is 5.94. The van der Waals surface area contributed by atoms with Crippen LogP contribution in [0.2, 0.25) is 0 Å². The van der Waals surface area contributed by atoms with E-state index in [4.69, 9.17) is 5.11 Å². The number of hydrogen-bond donors (Lipinski definition) is 2. The van der Waals surface area contributed by atoms with Crippen molar-refractivity contribution in [1.29, 1.82) is 0 Å². The van der Waals surface area contributed by atoms with Gasteiger partial charge in [-0.25, -0.2) is 0 Å². The number of hydrogen-bond acceptors (Lipinski definition) is 3. The fourth-order valence-electron chi connectivity index (χ4n) is 1.33. The van der Waals surface area contributed by atoms with Crippen LogP contribution in [0.4, 0.5) is 0 Å². The molecule has 92 valence electrons. The number of carboxylic acid groups (broad SMARTS) is 1. The molecule has 1 heterocycles. The Bertz CT molecular complexity index is 401. The molecule has 0 aliphatic rings. The van der Waals surface area contributed by atoms with Gasteiger partial charge in [-0.1, -0.05) is 6.92 Å². The van der Waals surface area contributed by atoms with Gasteiger partial charge in [-0.3, -0.25) is 14.6 Å². The molecule has 1 rings (SSSR count). The van der Waals surface area contributed by atoms with E-state index in [0.717, 1.165) is 5.69 Å². The smallest absolute Gasteiger partial charge is 0.308 e. The second-order valence-corrected chi connectivity index (χ2v) is 3.84. The number of pyridine rings is 1. The molecule has 0 radical (unpaired) electrons. The zero-order valence-electron chi connectivity index (χ0n) is 9.93. The lowest BCUT2D eigenvalue weighted by molar-refractivity contribution is -0.141. The average molecular weight is 236 g/mol. The summed E-state index contributed by atoms with van der Waals surface area (Å²) in [5.41, 5.74) is 1.27. The molecule has 0 saturated heterocycles. The Kier molecular flexibility index (Phi) is 4.63. The number of rotatable bonds is 5. The van der Waals surface area contributed by atoms with Gasteiger partial charge in [0.05, 0.1) is 11.5 Å². The summed E-state index contributed by atoms with van der Waals surface area (Å²) in [5.74, 6) is -1.73. The lowest BCUT2D eigenvalue weighted by Crippen LogP contribution is -2.32. The molecular weight excluding hydrogens is 220 g/mol. The molecule has 0 saturated carbocycles. The first-order valence-corrected chi connectivity index (χ1v) is 5.48.